The first-order chi connectivity index (χ1) is 8.32. The zero-order valence-corrected chi connectivity index (χ0v) is 12.1. The van der Waals surface area contributed by atoms with Crippen molar-refractivity contribution in [2.24, 2.45) is 0 Å². The third-order valence-corrected chi connectivity index (χ3v) is 4.87. The second-order valence-electron chi connectivity index (χ2n) is 4.08. The highest BCUT2D eigenvalue weighted by atomic mass is 31.2. The maximum absolute atomic E-state index is 12.6. The van der Waals surface area contributed by atoms with Gasteiger partial charge >= 0.3 is 7.67 Å². The van der Waals surface area contributed by atoms with Crippen molar-refractivity contribution in [3.05, 3.63) is 18.2 Å². The first kappa shape index (κ1) is 14.8. The fourth-order valence-electron chi connectivity index (χ4n) is 1.39. The summed E-state index contributed by atoms with van der Waals surface area (Å²) in [6, 6.07) is 4.79. The average molecular weight is 274 g/mol. The summed E-state index contributed by atoms with van der Waals surface area (Å²) in [7, 11) is 4.85. The molecule has 0 bridgehead atoms. The molecule has 0 aliphatic rings. The van der Waals surface area contributed by atoms with Crippen molar-refractivity contribution in [1.29, 1.82) is 0 Å². The molecular weight excluding hydrogens is 255 g/mol. The predicted octanol–water partition coefficient (Wildman–Crippen LogP) is 2.01. The Bertz CT molecular complexity index is 450. The van der Waals surface area contributed by atoms with Gasteiger partial charge in [-0.3, -0.25) is 0 Å². The zero-order valence-electron chi connectivity index (χ0n) is 11.2. The molecule has 0 aliphatic carbocycles. The molecule has 0 fully saturated rings. The Morgan fingerprint density at radius 1 is 1.11 bits per heavy atom. The molecule has 0 atom stereocenters. The van der Waals surface area contributed by atoms with Crippen LogP contribution in [0.1, 0.15) is 0 Å². The highest BCUT2D eigenvalue weighted by Crippen LogP contribution is 2.53. The molecule has 1 aromatic rings. The number of benzene rings is 1. The minimum Gasteiger partial charge on any atom is -0.502 e. The highest BCUT2D eigenvalue weighted by molar-refractivity contribution is 7.54. The van der Waals surface area contributed by atoms with Crippen LogP contribution in [0.2, 0.25) is 0 Å². The van der Waals surface area contributed by atoms with Crippen LogP contribution in [0.25, 0.3) is 0 Å². The summed E-state index contributed by atoms with van der Waals surface area (Å²) in [6.45, 7) is 0. The van der Waals surface area contributed by atoms with Crippen LogP contribution in [-0.4, -0.2) is 49.7 Å². The molecule has 7 heteroatoms. The van der Waals surface area contributed by atoms with Gasteiger partial charge in [0, 0.05) is 0 Å². The molecule has 0 unspecified atom stereocenters. The van der Waals surface area contributed by atoms with Gasteiger partial charge in [0.2, 0.25) is 5.75 Å². The first-order valence-electron chi connectivity index (χ1n) is 5.34. The molecular formula is C11H19N2O4P. The van der Waals surface area contributed by atoms with Crippen LogP contribution in [0, 0.1) is 0 Å². The second-order valence-corrected chi connectivity index (χ2v) is 6.85. The Morgan fingerprint density at radius 3 is 2.06 bits per heavy atom. The lowest BCUT2D eigenvalue weighted by molar-refractivity contribution is 0.331. The van der Waals surface area contributed by atoms with Crippen molar-refractivity contribution < 1.29 is 18.9 Å². The molecule has 0 saturated carbocycles. The molecule has 1 rings (SSSR count). The summed E-state index contributed by atoms with van der Waals surface area (Å²) < 4.78 is 26.0. The zero-order chi connectivity index (χ0) is 13.9. The normalized spacial score (nSPS) is 11.9. The lowest BCUT2D eigenvalue weighted by atomic mass is 10.3. The van der Waals surface area contributed by atoms with Gasteiger partial charge in [0.05, 0.1) is 7.11 Å². The number of rotatable bonds is 5. The molecule has 0 saturated heterocycles. The van der Waals surface area contributed by atoms with Crippen molar-refractivity contribution in [2.45, 2.75) is 0 Å². The third-order valence-electron chi connectivity index (χ3n) is 2.41. The Kier molecular flexibility index (Phi) is 4.62. The van der Waals surface area contributed by atoms with Gasteiger partial charge in [0.1, 0.15) is 0 Å². The van der Waals surface area contributed by atoms with Crippen LogP contribution in [0.5, 0.6) is 17.2 Å². The summed E-state index contributed by atoms with van der Waals surface area (Å²) in [5.74, 6) is 0.237. The van der Waals surface area contributed by atoms with E-state index in [2.05, 4.69) is 0 Å². The van der Waals surface area contributed by atoms with Crippen LogP contribution in [0.3, 0.4) is 0 Å². The molecule has 0 aliphatic heterocycles. The van der Waals surface area contributed by atoms with Crippen molar-refractivity contribution in [3.63, 3.8) is 0 Å². The van der Waals surface area contributed by atoms with E-state index >= 15 is 0 Å². The van der Waals surface area contributed by atoms with E-state index in [4.69, 9.17) is 9.26 Å². The lowest BCUT2D eigenvalue weighted by Crippen LogP contribution is -2.24. The molecule has 0 heterocycles. The van der Waals surface area contributed by atoms with Crippen LogP contribution < -0.4 is 9.26 Å². The largest absolute Gasteiger partial charge is 0.502 e. The summed E-state index contributed by atoms with van der Waals surface area (Å²) in [5.41, 5.74) is 0. The molecule has 102 valence electrons. The molecule has 0 radical (unpaired) electrons. The number of hydrogen-bond acceptors (Lipinski definition) is 4. The van der Waals surface area contributed by atoms with Gasteiger partial charge in [0.15, 0.2) is 11.5 Å². The van der Waals surface area contributed by atoms with Crippen LogP contribution >= 0.6 is 7.67 Å². The minimum atomic E-state index is -3.19. The Morgan fingerprint density at radius 2 is 1.61 bits per heavy atom. The predicted molar refractivity (Wildman–Crippen MR) is 70.3 cm³/mol. The van der Waals surface area contributed by atoms with E-state index in [9.17, 15) is 9.67 Å². The van der Waals surface area contributed by atoms with E-state index in [-0.39, 0.29) is 17.2 Å². The van der Waals surface area contributed by atoms with E-state index in [1.165, 1.54) is 22.5 Å². The number of para-hydroxylation sites is 1. The third kappa shape index (κ3) is 2.77. The van der Waals surface area contributed by atoms with Gasteiger partial charge < -0.3 is 14.4 Å². The molecule has 1 N–H and O–H groups in total. The van der Waals surface area contributed by atoms with Gasteiger partial charge in [0.25, 0.3) is 0 Å². The van der Waals surface area contributed by atoms with E-state index in [0.717, 1.165) is 0 Å². The number of methoxy groups -OCH3 is 1. The molecule has 18 heavy (non-hydrogen) atoms. The van der Waals surface area contributed by atoms with E-state index in [1.54, 1.807) is 40.3 Å². The van der Waals surface area contributed by atoms with Crippen molar-refractivity contribution >= 4 is 7.67 Å². The Hall–Kier alpha value is -1.23. The van der Waals surface area contributed by atoms with E-state index in [0.29, 0.717) is 0 Å². The fourth-order valence-corrected chi connectivity index (χ4v) is 2.84. The maximum atomic E-state index is 12.6. The van der Waals surface area contributed by atoms with Crippen molar-refractivity contribution in [1.82, 2.24) is 9.34 Å². The Balaban J connectivity index is 3.14. The summed E-state index contributed by atoms with van der Waals surface area (Å²) >= 11 is 0. The fraction of sp³-hybridized carbons (Fsp3) is 0.455. The maximum Gasteiger partial charge on any atom is 0.394 e. The van der Waals surface area contributed by atoms with Gasteiger partial charge in [-0.1, -0.05) is 6.07 Å². The second kappa shape index (κ2) is 5.61. The number of phenols is 1. The van der Waals surface area contributed by atoms with Gasteiger partial charge in [-0.2, -0.15) is 0 Å². The van der Waals surface area contributed by atoms with E-state index < -0.39 is 7.67 Å². The Labute approximate surface area is 107 Å². The molecule has 0 aromatic heterocycles. The van der Waals surface area contributed by atoms with E-state index in [1.807, 2.05) is 0 Å². The molecule has 0 spiro atoms. The van der Waals surface area contributed by atoms with Crippen molar-refractivity contribution in [2.75, 3.05) is 35.3 Å². The summed E-state index contributed by atoms with van der Waals surface area (Å²) in [5, 5.41) is 9.91. The first-order valence-corrected chi connectivity index (χ1v) is 6.87. The number of hydrogen-bond donors (Lipinski definition) is 1. The smallest absolute Gasteiger partial charge is 0.394 e. The highest BCUT2D eigenvalue weighted by Gasteiger charge is 2.32. The SMILES string of the molecule is COc1cccc(OP(=O)(N(C)C)N(C)C)c1O. The van der Waals surface area contributed by atoms with Gasteiger partial charge in [-0.05, 0) is 40.3 Å². The monoisotopic (exact) mass is 274 g/mol. The standard InChI is InChI=1S/C11H19N2O4P/c1-12(2)18(15,13(3)4)17-10-8-6-7-9(16-5)11(10)14/h6-8,14H,1-5H3. The number of aromatic hydroxyl groups is 1. The molecule has 0 amide bonds. The summed E-state index contributed by atoms with van der Waals surface area (Å²) in [4.78, 5) is 0. The van der Waals surface area contributed by atoms with Crippen LogP contribution in [-0.2, 0) is 4.57 Å². The number of ether oxygens (including phenoxy) is 1. The van der Waals surface area contributed by atoms with Gasteiger partial charge in [-0.15, -0.1) is 0 Å². The topological polar surface area (TPSA) is 62.2 Å². The van der Waals surface area contributed by atoms with Crippen LogP contribution in [0.15, 0.2) is 18.2 Å². The molecule has 6 nitrogen and oxygen atoms in total. The molecule has 1 aromatic carbocycles. The van der Waals surface area contributed by atoms with Gasteiger partial charge in [-0.25, -0.2) is 13.9 Å². The summed E-state index contributed by atoms with van der Waals surface area (Å²) in [6.07, 6.45) is 0. The number of nitrogens with zero attached hydrogens (tertiary/aromatic N) is 2. The van der Waals surface area contributed by atoms with Crippen LogP contribution in [0.4, 0.5) is 0 Å². The quantitative estimate of drug-likeness (QED) is 0.829. The lowest BCUT2D eigenvalue weighted by Gasteiger charge is -2.29. The van der Waals surface area contributed by atoms with Crippen molar-refractivity contribution in [3.8, 4) is 17.2 Å². The average Bonchev–Trinajstić information content (AvgIpc) is 2.31. The number of phenolic OH excluding ortho intramolecular Hbond substituents is 1. The minimum absolute atomic E-state index is 0.125.